The van der Waals surface area contributed by atoms with E-state index in [0.29, 0.717) is 0 Å². The molecule has 8 aromatic rings. The third-order valence-corrected chi connectivity index (χ3v) is 9.96. The van der Waals surface area contributed by atoms with Crippen LogP contribution in [0.1, 0.15) is 19.4 Å². The minimum absolute atomic E-state index is 0.993. The topological polar surface area (TPSA) is 6.48 Å². The molecule has 9 rings (SSSR count). The highest BCUT2D eigenvalue weighted by Gasteiger charge is 2.17. The first kappa shape index (κ1) is 34.2. The van der Waals surface area contributed by atoms with Crippen LogP contribution in [0.3, 0.4) is 0 Å². The fourth-order valence-corrected chi connectivity index (χ4v) is 7.21. The van der Waals surface area contributed by atoms with Crippen molar-refractivity contribution in [3.8, 4) is 22.3 Å². The van der Waals surface area contributed by atoms with Gasteiger partial charge in [0.05, 0.1) is 5.69 Å². The van der Waals surface area contributed by atoms with Crippen LogP contribution in [0.25, 0.3) is 49.4 Å². The Kier molecular flexibility index (Phi) is 9.74. The molecule has 2 heteroatoms. The second-order valence-electron chi connectivity index (χ2n) is 13.2. The molecule has 0 spiro atoms. The fraction of sp³-hybridized carbons (Fsp3) is 0.0385. The number of fused-ring (bicyclic) bond motifs is 3. The highest BCUT2D eigenvalue weighted by molar-refractivity contribution is 5.90. The summed E-state index contributed by atoms with van der Waals surface area (Å²) in [6.45, 7) is 8.31. The van der Waals surface area contributed by atoms with E-state index in [4.69, 9.17) is 0 Å². The molecule has 1 aliphatic rings. The van der Waals surface area contributed by atoms with Crippen molar-refractivity contribution in [1.82, 2.24) is 0 Å². The Balaban J connectivity index is 0.00000203. The molecule has 0 fully saturated rings. The summed E-state index contributed by atoms with van der Waals surface area (Å²) in [4.78, 5) is 4.56. The Morgan fingerprint density at radius 1 is 0.426 bits per heavy atom. The highest BCUT2D eigenvalue weighted by atomic mass is 15.1. The maximum Gasteiger partial charge on any atom is 0.0533 e. The predicted octanol–water partition coefficient (Wildman–Crippen LogP) is 15.1. The van der Waals surface area contributed by atoms with Crippen molar-refractivity contribution in [2.75, 3.05) is 9.80 Å². The Bertz CT molecular complexity index is 2500. The maximum atomic E-state index is 4.31. The van der Waals surface area contributed by atoms with Crippen molar-refractivity contribution < 1.29 is 0 Å². The van der Waals surface area contributed by atoms with Crippen LogP contribution in [0.5, 0.6) is 0 Å². The number of hydrogen-bond donors (Lipinski definition) is 0. The zero-order valence-electron chi connectivity index (χ0n) is 30.7. The maximum absolute atomic E-state index is 4.31. The summed E-state index contributed by atoms with van der Waals surface area (Å²) in [5, 5.41) is 4.99. The summed E-state index contributed by atoms with van der Waals surface area (Å²) >= 11 is 0. The average molecular weight is 695 g/mol. The number of hydrogen-bond acceptors (Lipinski definition) is 2. The summed E-state index contributed by atoms with van der Waals surface area (Å²) in [5.41, 5.74) is 12.3. The minimum Gasteiger partial charge on any atom is -0.317 e. The third-order valence-electron chi connectivity index (χ3n) is 9.96. The van der Waals surface area contributed by atoms with Gasteiger partial charge < -0.3 is 9.80 Å². The first-order valence-electron chi connectivity index (χ1n) is 18.7. The smallest absolute Gasteiger partial charge is 0.0533 e. The van der Waals surface area contributed by atoms with E-state index < -0.39 is 0 Å². The van der Waals surface area contributed by atoms with Crippen molar-refractivity contribution in [3.63, 3.8) is 0 Å². The number of benzene rings is 8. The van der Waals surface area contributed by atoms with Crippen LogP contribution < -0.4 is 9.80 Å². The summed E-state index contributed by atoms with van der Waals surface area (Å²) in [7, 11) is 0. The molecule has 0 N–H and O–H groups in total. The molecule has 0 aliphatic carbocycles. The monoisotopic (exact) mass is 694 g/mol. The van der Waals surface area contributed by atoms with E-state index in [1.54, 1.807) is 0 Å². The normalized spacial score (nSPS) is 13.3. The first-order chi connectivity index (χ1) is 26.7. The van der Waals surface area contributed by atoms with Crippen LogP contribution in [-0.2, 0) is 0 Å². The number of allylic oxidation sites excluding steroid dienone is 4. The lowest BCUT2D eigenvalue weighted by Gasteiger charge is -2.28. The molecular weight excluding hydrogens is 653 g/mol. The summed E-state index contributed by atoms with van der Waals surface area (Å²) < 4.78 is 0. The van der Waals surface area contributed by atoms with E-state index in [9.17, 15) is 0 Å². The van der Waals surface area contributed by atoms with Gasteiger partial charge in [-0.25, -0.2) is 0 Å². The Hall–Kier alpha value is -6.90. The molecule has 1 aliphatic heterocycles. The third kappa shape index (κ3) is 6.86. The van der Waals surface area contributed by atoms with Crippen LogP contribution in [0.2, 0.25) is 0 Å². The number of nitrogens with zero attached hydrogens (tertiary/aromatic N) is 2. The van der Waals surface area contributed by atoms with Gasteiger partial charge in [0.15, 0.2) is 0 Å². The molecule has 0 saturated carbocycles. The van der Waals surface area contributed by atoms with Gasteiger partial charge >= 0.3 is 0 Å². The van der Waals surface area contributed by atoms with E-state index in [1.807, 2.05) is 19.9 Å². The molecule has 0 amide bonds. The summed E-state index contributed by atoms with van der Waals surface area (Å²) in [6.07, 6.45) is 8.29. The van der Waals surface area contributed by atoms with E-state index in [2.05, 4.69) is 217 Å². The summed E-state index contributed by atoms with van der Waals surface area (Å²) in [6, 6.07) is 65.5. The van der Waals surface area contributed by atoms with Crippen molar-refractivity contribution in [2.45, 2.75) is 13.8 Å². The lowest BCUT2D eigenvalue weighted by molar-refractivity contribution is 1.25. The van der Waals surface area contributed by atoms with Gasteiger partial charge in [-0.1, -0.05) is 148 Å². The largest absolute Gasteiger partial charge is 0.317 e. The zero-order chi connectivity index (χ0) is 36.9. The molecule has 0 unspecified atom stereocenters. The van der Waals surface area contributed by atoms with Gasteiger partial charge in [0.1, 0.15) is 0 Å². The van der Waals surface area contributed by atoms with Gasteiger partial charge in [0.2, 0.25) is 0 Å². The number of para-hydroxylation sites is 1. The van der Waals surface area contributed by atoms with Crippen molar-refractivity contribution >= 4 is 55.6 Å². The van der Waals surface area contributed by atoms with Gasteiger partial charge in [-0.2, -0.15) is 0 Å². The lowest BCUT2D eigenvalue weighted by Crippen LogP contribution is -2.12. The van der Waals surface area contributed by atoms with Crippen LogP contribution >= 0.6 is 0 Å². The molecule has 54 heavy (non-hydrogen) atoms. The standard InChI is InChI=1S/C50H36N2.C2H6/c1-36-10-8-9-33-51(50-16-7-6-15-49(36)50)45-29-31-48(32-30-45)52(46-25-21-39(22-26-46)43-19-17-37-11-2-4-13-41(37)34-43)47-27-23-40(24-28-47)44-20-18-38-12-3-5-14-42(38)35-44;1-2/h2-35H,1H2;1-2H3/b10-8-,33-9-;. The molecule has 1 heterocycles. The number of rotatable bonds is 6. The van der Waals surface area contributed by atoms with Gasteiger partial charge in [-0.05, 0) is 122 Å². The number of anilines is 5. The summed E-state index contributed by atoms with van der Waals surface area (Å²) in [5.74, 6) is 0. The average Bonchev–Trinajstić information content (AvgIpc) is 3.24. The molecule has 8 aromatic carbocycles. The van der Waals surface area contributed by atoms with E-state index >= 15 is 0 Å². The fourth-order valence-electron chi connectivity index (χ4n) is 7.21. The molecule has 0 radical (unpaired) electrons. The van der Waals surface area contributed by atoms with Crippen LogP contribution in [-0.4, -0.2) is 0 Å². The van der Waals surface area contributed by atoms with Gasteiger partial charge in [0.25, 0.3) is 0 Å². The van der Waals surface area contributed by atoms with Crippen molar-refractivity contribution in [1.29, 1.82) is 0 Å². The van der Waals surface area contributed by atoms with Gasteiger partial charge in [0, 0.05) is 34.5 Å². The second kappa shape index (κ2) is 15.4. The molecule has 260 valence electrons. The zero-order valence-corrected chi connectivity index (χ0v) is 30.7. The second-order valence-corrected chi connectivity index (χ2v) is 13.2. The van der Waals surface area contributed by atoms with Crippen molar-refractivity contribution in [2.24, 2.45) is 0 Å². The molecular formula is C52H42N2. The first-order valence-corrected chi connectivity index (χ1v) is 18.7. The molecule has 0 saturated heterocycles. The molecule has 2 nitrogen and oxygen atoms in total. The molecule has 0 atom stereocenters. The molecule has 0 aromatic heterocycles. The minimum atomic E-state index is 0.993. The van der Waals surface area contributed by atoms with E-state index in [0.717, 1.165) is 39.6 Å². The Morgan fingerprint density at radius 3 is 1.41 bits per heavy atom. The van der Waals surface area contributed by atoms with Crippen molar-refractivity contribution in [3.05, 3.63) is 219 Å². The van der Waals surface area contributed by atoms with Gasteiger partial charge in [-0.3, -0.25) is 0 Å². The SMILES string of the molecule is C=C1/C=C\C=C/N(c2ccc(N(c3ccc(-c4ccc5ccccc5c4)cc3)c3ccc(-c4ccc5ccccc5c4)cc3)cc2)c2ccccc21.CC. The molecule has 0 bridgehead atoms. The predicted molar refractivity (Wildman–Crippen MR) is 234 cm³/mol. The Morgan fingerprint density at radius 2 is 0.870 bits per heavy atom. The van der Waals surface area contributed by atoms with Crippen LogP contribution in [0, 0.1) is 0 Å². The quantitative estimate of drug-likeness (QED) is 0.171. The van der Waals surface area contributed by atoms with Crippen LogP contribution in [0.4, 0.5) is 28.4 Å². The lowest BCUT2D eigenvalue weighted by atomic mass is 10.00. The Labute approximate surface area is 318 Å². The van der Waals surface area contributed by atoms with E-state index in [-0.39, 0.29) is 0 Å². The van der Waals surface area contributed by atoms with Gasteiger partial charge in [-0.15, -0.1) is 0 Å². The highest BCUT2D eigenvalue weighted by Crippen LogP contribution is 2.40. The van der Waals surface area contributed by atoms with Crippen LogP contribution in [0.15, 0.2) is 213 Å². The van der Waals surface area contributed by atoms with E-state index in [1.165, 1.54) is 43.8 Å².